The lowest BCUT2D eigenvalue weighted by Gasteiger charge is -2.39. The third kappa shape index (κ3) is 2.89. The summed E-state index contributed by atoms with van der Waals surface area (Å²) in [6.45, 7) is 2.10. The predicted octanol–water partition coefficient (Wildman–Crippen LogP) is 4.73. The lowest BCUT2D eigenvalue weighted by atomic mass is 9.65. The summed E-state index contributed by atoms with van der Waals surface area (Å²) in [5.74, 6) is -0.0170. The topological polar surface area (TPSA) is 44.0 Å². The van der Waals surface area contributed by atoms with E-state index in [4.69, 9.17) is 0 Å². The van der Waals surface area contributed by atoms with Crippen LogP contribution < -0.4 is 0 Å². The van der Waals surface area contributed by atoms with E-state index < -0.39 is 17.3 Å². The number of nitriles is 1. The van der Waals surface area contributed by atoms with E-state index >= 15 is 0 Å². The minimum absolute atomic E-state index is 0.228. The molecule has 1 aliphatic carbocycles. The summed E-state index contributed by atoms with van der Waals surface area (Å²) in [5, 5.41) is 20.2. The van der Waals surface area contributed by atoms with Crippen LogP contribution in [0.2, 0.25) is 0 Å². The average molecular weight is 340 g/mol. The number of hydrogen-bond donors (Lipinski definition) is 1. The number of halogens is 2. The molecule has 0 heterocycles. The van der Waals surface area contributed by atoms with E-state index in [9.17, 15) is 14.8 Å². The van der Waals surface area contributed by atoms with E-state index in [1.54, 1.807) is 12.1 Å². The van der Waals surface area contributed by atoms with Gasteiger partial charge >= 0.3 is 0 Å². The number of nitrogens with zero attached hydrogens (tertiary/aromatic N) is 1. The number of rotatable bonds is 3. The van der Waals surface area contributed by atoms with E-state index in [0.717, 1.165) is 19.3 Å². The van der Waals surface area contributed by atoms with Crippen LogP contribution in [0.3, 0.4) is 0 Å². The van der Waals surface area contributed by atoms with Gasteiger partial charge in [-0.3, -0.25) is 0 Å². The van der Waals surface area contributed by atoms with Crippen LogP contribution in [0.5, 0.6) is 0 Å². The minimum atomic E-state index is -1.06. The third-order valence-electron chi connectivity index (χ3n) is 4.47. The Hall–Kier alpha value is -0.920. The summed E-state index contributed by atoms with van der Waals surface area (Å²) in [7, 11) is 0. The first-order valence-corrected chi connectivity index (χ1v) is 7.86. The smallest absolute Gasteiger partial charge is 0.130 e. The quantitative estimate of drug-likeness (QED) is 0.864. The van der Waals surface area contributed by atoms with E-state index in [0.29, 0.717) is 23.2 Å². The molecular formula is C16H19BrFNO. The molecule has 0 spiro atoms. The van der Waals surface area contributed by atoms with Crippen molar-refractivity contribution in [3.8, 4) is 6.07 Å². The summed E-state index contributed by atoms with van der Waals surface area (Å²) in [6, 6.07) is 6.90. The Kier molecular flexibility index (Phi) is 4.82. The lowest BCUT2D eigenvalue weighted by molar-refractivity contribution is 0.0162. The molecule has 1 aromatic rings. The Labute approximate surface area is 127 Å². The molecule has 0 saturated heterocycles. The Balaban J connectivity index is 2.33. The van der Waals surface area contributed by atoms with Crippen LogP contribution >= 0.6 is 15.9 Å². The fourth-order valence-electron chi connectivity index (χ4n) is 3.21. The molecule has 108 valence electrons. The van der Waals surface area contributed by atoms with Gasteiger partial charge in [0.05, 0.1) is 11.5 Å². The molecule has 0 aromatic heterocycles. The van der Waals surface area contributed by atoms with E-state index in [1.807, 2.05) is 0 Å². The molecule has 0 bridgehead atoms. The zero-order chi connectivity index (χ0) is 14.8. The number of benzene rings is 1. The molecule has 1 aliphatic rings. The van der Waals surface area contributed by atoms with Gasteiger partial charge in [0.1, 0.15) is 11.9 Å². The van der Waals surface area contributed by atoms with Crippen molar-refractivity contribution in [1.29, 1.82) is 5.26 Å². The van der Waals surface area contributed by atoms with Crippen molar-refractivity contribution in [3.05, 3.63) is 34.1 Å². The van der Waals surface area contributed by atoms with Gasteiger partial charge in [0.15, 0.2) is 0 Å². The van der Waals surface area contributed by atoms with Crippen molar-refractivity contribution < 1.29 is 9.50 Å². The van der Waals surface area contributed by atoms with Gasteiger partial charge in [-0.25, -0.2) is 4.39 Å². The van der Waals surface area contributed by atoms with Crippen molar-refractivity contribution in [3.63, 3.8) is 0 Å². The first-order valence-electron chi connectivity index (χ1n) is 7.06. The summed E-state index contributed by atoms with van der Waals surface area (Å²) < 4.78 is 14.7. The maximum absolute atomic E-state index is 14.0. The monoisotopic (exact) mass is 339 g/mol. The molecule has 1 fully saturated rings. The molecule has 3 atom stereocenters. The predicted molar refractivity (Wildman–Crippen MR) is 79.4 cm³/mol. The molecule has 0 aliphatic heterocycles. The normalized spacial score (nSPS) is 27.9. The Morgan fingerprint density at radius 2 is 2.35 bits per heavy atom. The van der Waals surface area contributed by atoms with Crippen LogP contribution in [0.25, 0.3) is 0 Å². The van der Waals surface area contributed by atoms with Gasteiger partial charge < -0.3 is 5.11 Å². The largest absolute Gasteiger partial charge is 0.387 e. The first-order chi connectivity index (χ1) is 9.52. The molecule has 1 N–H and O–H groups in total. The number of aliphatic hydroxyl groups is 1. The van der Waals surface area contributed by atoms with Gasteiger partial charge in [-0.15, -0.1) is 0 Å². The Morgan fingerprint density at radius 1 is 1.60 bits per heavy atom. The van der Waals surface area contributed by atoms with Crippen molar-refractivity contribution in [2.75, 3.05) is 0 Å². The summed E-state index contributed by atoms with van der Waals surface area (Å²) >= 11 is 3.21. The van der Waals surface area contributed by atoms with Crippen LogP contribution in [0, 0.1) is 28.5 Å². The molecule has 0 amide bonds. The summed E-state index contributed by atoms with van der Waals surface area (Å²) in [5.41, 5.74) is -0.625. The second kappa shape index (κ2) is 6.24. The van der Waals surface area contributed by atoms with Gasteiger partial charge in [-0.05, 0) is 30.9 Å². The molecule has 0 radical (unpaired) electrons. The van der Waals surface area contributed by atoms with E-state index in [-0.39, 0.29) is 5.56 Å². The van der Waals surface area contributed by atoms with Crippen LogP contribution in [-0.4, -0.2) is 5.11 Å². The fraction of sp³-hybridized carbons (Fsp3) is 0.562. The standard InChI is InChI=1S/C16H19BrFNO/c1-2-11-4-3-7-16(9-11,10-19)15(20)13-6-5-12(17)8-14(13)18/h5-6,8,11,15,20H,2-4,7,9H2,1H3. The van der Waals surface area contributed by atoms with E-state index in [2.05, 4.69) is 28.9 Å². The molecular weight excluding hydrogens is 321 g/mol. The molecule has 20 heavy (non-hydrogen) atoms. The molecule has 3 unspecified atom stereocenters. The fourth-order valence-corrected chi connectivity index (χ4v) is 3.54. The third-order valence-corrected chi connectivity index (χ3v) is 4.96. The van der Waals surface area contributed by atoms with Crippen molar-refractivity contribution in [2.45, 2.75) is 45.1 Å². The highest BCUT2D eigenvalue weighted by atomic mass is 79.9. The van der Waals surface area contributed by atoms with Crippen LogP contribution in [0.1, 0.15) is 50.7 Å². The van der Waals surface area contributed by atoms with Crippen molar-refractivity contribution in [1.82, 2.24) is 0 Å². The van der Waals surface area contributed by atoms with Crippen LogP contribution in [0.4, 0.5) is 4.39 Å². The molecule has 2 nitrogen and oxygen atoms in total. The minimum Gasteiger partial charge on any atom is -0.387 e. The molecule has 1 aromatic carbocycles. The maximum Gasteiger partial charge on any atom is 0.130 e. The van der Waals surface area contributed by atoms with Gasteiger partial charge in [-0.1, -0.05) is 48.2 Å². The van der Waals surface area contributed by atoms with Crippen molar-refractivity contribution in [2.24, 2.45) is 11.3 Å². The van der Waals surface area contributed by atoms with Gasteiger partial charge in [-0.2, -0.15) is 5.26 Å². The summed E-state index contributed by atoms with van der Waals surface area (Å²) in [4.78, 5) is 0. The second-order valence-electron chi connectivity index (χ2n) is 5.71. The van der Waals surface area contributed by atoms with Gasteiger partial charge in [0.2, 0.25) is 0 Å². The highest BCUT2D eigenvalue weighted by Gasteiger charge is 2.43. The van der Waals surface area contributed by atoms with E-state index in [1.165, 1.54) is 6.07 Å². The zero-order valence-corrected chi connectivity index (χ0v) is 13.2. The molecule has 2 rings (SSSR count). The lowest BCUT2D eigenvalue weighted by Crippen LogP contribution is -2.34. The molecule has 4 heteroatoms. The van der Waals surface area contributed by atoms with Gasteiger partial charge in [0.25, 0.3) is 0 Å². The Bertz CT molecular complexity index is 528. The number of hydrogen-bond acceptors (Lipinski definition) is 2. The second-order valence-corrected chi connectivity index (χ2v) is 6.62. The average Bonchev–Trinajstić information content (AvgIpc) is 2.46. The highest BCUT2D eigenvalue weighted by molar-refractivity contribution is 9.10. The molecule has 1 saturated carbocycles. The Morgan fingerprint density at radius 3 is 2.95 bits per heavy atom. The van der Waals surface area contributed by atoms with Gasteiger partial charge in [0, 0.05) is 10.0 Å². The highest BCUT2D eigenvalue weighted by Crippen LogP contribution is 2.48. The van der Waals surface area contributed by atoms with Crippen LogP contribution in [0.15, 0.2) is 22.7 Å². The number of aliphatic hydroxyl groups excluding tert-OH is 1. The summed E-state index contributed by atoms with van der Waals surface area (Å²) in [6.07, 6.45) is 3.23. The zero-order valence-electron chi connectivity index (χ0n) is 11.6. The SMILES string of the molecule is CCC1CCCC(C#N)(C(O)c2ccc(Br)cc2F)C1. The maximum atomic E-state index is 14.0. The first kappa shape index (κ1) is 15.5. The van der Waals surface area contributed by atoms with Crippen LogP contribution in [-0.2, 0) is 0 Å². The van der Waals surface area contributed by atoms with Crippen molar-refractivity contribution >= 4 is 15.9 Å².